The van der Waals surface area contributed by atoms with Crippen molar-refractivity contribution < 1.29 is 23.4 Å². The van der Waals surface area contributed by atoms with Crippen molar-refractivity contribution in [1.82, 2.24) is 0 Å². The lowest BCUT2D eigenvalue weighted by molar-refractivity contribution is -0.150. The van der Waals surface area contributed by atoms with Crippen LogP contribution in [-0.4, -0.2) is 49.1 Å². The van der Waals surface area contributed by atoms with Gasteiger partial charge in [0.1, 0.15) is 17.3 Å². The van der Waals surface area contributed by atoms with Gasteiger partial charge in [-0.25, -0.2) is 4.39 Å². The number of allylic oxidation sites excluding steroid dienone is 1. The molecule has 2 heterocycles. The highest BCUT2D eigenvalue weighted by atomic mass is 19.1. The molecule has 2 aliphatic heterocycles. The number of halogens is 1. The Morgan fingerprint density at radius 2 is 2.19 bits per heavy atom. The highest BCUT2D eigenvalue weighted by molar-refractivity contribution is 5.89. The van der Waals surface area contributed by atoms with Gasteiger partial charge in [0.2, 0.25) is 0 Å². The standard InChI is InChI=1S/C16H23FO4/c1-9(2)5-6-11-15(3,21-11)14-13(19-4)12(18)10(17)7-16(14)8-20-16/h5,10-11,13-14H,6-8H2,1-4H3/t10-,11+,13+,14+,15?,16-/m0/s1. The molecule has 0 radical (unpaired) electrons. The molecule has 4 nitrogen and oxygen atoms in total. The molecule has 0 N–H and O–H groups in total. The van der Waals surface area contributed by atoms with E-state index in [0.29, 0.717) is 6.61 Å². The van der Waals surface area contributed by atoms with Crippen LogP contribution >= 0.6 is 0 Å². The molecule has 1 unspecified atom stereocenters. The van der Waals surface area contributed by atoms with Crippen LogP contribution in [0.3, 0.4) is 0 Å². The summed E-state index contributed by atoms with van der Waals surface area (Å²) in [6.45, 7) is 6.56. The molecular weight excluding hydrogens is 275 g/mol. The Kier molecular flexibility index (Phi) is 3.50. The molecule has 5 heteroatoms. The van der Waals surface area contributed by atoms with E-state index in [4.69, 9.17) is 14.2 Å². The average molecular weight is 298 g/mol. The zero-order valence-electron chi connectivity index (χ0n) is 13.0. The number of Topliss-reactive ketones (excluding diaryl/α,β-unsaturated/α-hetero) is 1. The van der Waals surface area contributed by atoms with Gasteiger partial charge in [0.25, 0.3) is 0 Å². The fourth-order valence-corrected chi connectivity index (χ4v) is 3.79. The maximum Gasteiger partial charge on any atom is 0.196 e. The van der Waals surface area contributed by atoms with E-state index >= 15 is 0 Å². The molecule has 3 rings (SSSR count). The molecule has 6 atom stereocenters. The van der Waals surface area contributed by atoms with Crippen molar-refractivity contribution >= 4 is 5.78 Å². The third kappa shape index (κ3) is 2.35. The molecule has 0 aromatic heterocycles. The van der Waals surface area contributed by atoms with E-state index in [1.165, 1.54) is 12.7 Å². The number of carbonyl (C=O) groups excluding carboxylic acids is 1. The molecule has 1 saturated carbocycles. The minimum absolute atomic E-state index is 0.0417. The SMILES string of the molecule is CO[C@@H]1C(=O)[C@@H](F)C[C@]2(CO2)[C@H]1C1(C)O[C@@H]1CC=C(C)C. The molecule has 118 valence electrons. The van der Waals surface area contributed by atoms with Crippen molar-refractivity contribution in [3.05, 3.63) is 11.6 Å². The van der Waals surface area contributed by atoms with E-state index in [1.54, 1.807) is 0 Å². The smallest absolute Gasteiger partial charge is 0.196 e. The number of ketones is 1. The second-order valence-electron chi connectivity index (χ2n) is 6.87. The van der Waals surface area contributed by atoms with E-state index in [1.807, 2.05) is 20.8 Å². The summed E-state index contributed by atoms with van der Waals surface area (Å²) in [5, 5.41) is 0. The largest absolute Gasteiger partial charge is 0.373 e. The molecule has 1 aliphatic carbocycles. The van der Waals surface area contributed by atoms with Crippen LogP contribution < -0.4 is 0 Å². The third-order valence-corrected chi connectivity index (χ3v) is 5.09. The van der Waals surface area contributed by atoms with Crippen LogP contribution in [-0.2, 0) is 19.0 Å². The van der Waals surface area contributed by atoms with Gasteiger partial charge in [0, 0.05) is 13.5 Å². The van der Waals surface area contributed by atoms with E-state index in [9.17, 15) is 9.18 Å². The van der Waals surface area contributed by atoms with Crippen molar-refractivity contribution in [2.45, 2.75) is 63.2 Å². The number of alkyl halides is 1. The summed E-state index contributed by atoms with van der Waals surface area (Å²) in [5.74, 6) is -0.702. The Labute approximate surface area is 124 Å². The van der Waals surface area contributed by atoms with Crippen LogP contribution in [0.1, 0.15) is 33.6 Å². The van der Waals surface area contributed by atoms with E-state index in [-0.39, 0.29) is 18.4 Å². The highest BCUT2D eigenvalue weighted by Gasteiger charge is 2.73. The third-order valence-electron chi connectivity index (χ3n) is 5.09. The van der Waals surface area contributed by atoms with Crippen molar-refractivity contribution in [1.29, 1.82) is 0 Å². The molecular formula is C16H23FO4. The Morgan fingerprint density at radius 3 is 2.71 bits per heavy atom. The molecule has 0 bridgehead atoms. The van der Waals surface area contributed by atoms with Crippen molar-refractivity contribution in [2.24, 2.45) is 5.92 Å². The van der Waals surface area contributed by atoms with E-state index in [0.717, 1.165) is 6.42 Å². The quantitative estimate of drug-likeness (QED) is 0.590. The van der Waals surface area contributed by atoms with Crippen molar-refractivity contribution in [2.75, 3.05) is 13.7 Å². The molecule has 0 amide bonds. The summed E-state index contributed by atoms with van der Waals surface area (Å²) in [4.78, 5) is 12.1. The van der Waals surface area contributed by atoms with Crippen molar-refractivity contribution in [3.63, 3.8) is 0 Å². The number of ether oxygens (including phenoxy) is 3. The van der Waals surface area contributed by atoms with Gasteiger partial charge in [-0.3, -0.25) is 4.79 Å². The Bertz CT molecular complexity index is 481. The van der Waals surface area contributed by atoms with Crippen LogP contribution in [0.25, 0.3) is 0 Å². The second-order valence-corrected chi connectivity index (χ2v) is 6.87. The van der Waals surface area contributed by atoms with Gasteiger partial charge in [-0.1, -0.05) is 11.6 Å². The summed E-state index contributed by atoms with van der Waals surface area (Å²) in [6, 6.07) is 0. The maximum atomic E-state index is 13.9. The molecule has 21 heavy (non-hydrogen) atoms. The molecule has 2 saturated heterocycles. The first kappa shape index (κ1) is 15.1. The van der Waals surface area contributed by atoms with Gasteiger partial charge in [-0.05, 0) is 27.2 Å². The number of methoxy groups -OCH3 is 1. The molecule has 3 aliphatic rings. The van der Waals surface area contributed by atoms with E-state index in [2.05, 4.69) is 6.08 Å². The molecule has 0 aromatic rings. The molecule has 1 spiro atoms. The van der Waals surface area contributed by atoms with Crippen LogP contribution in [0.2, 0.25) is 0 Å². The second kappa shape index (κ2) is 4.86. The van der Waals surface area contributed by atoms with Crippen LogP contribution in [0.4, 0.5) is 4.39 Å². The highest BCUT2D eigenvalue weighted by Crippen LogP contribution is 2.59. The van der Waals surface area contributed by atoms with Crippen LogP contribution in [0, 0.1) is 5.92 Å². The van der Waals surface area contributed by atoms with Gasteiger partial charge in [-0.15, -0.1) is 0 Å². The summed E-state index contributed by atoms with van der Waals surface area (Å²) < 4.78 is 30.7. The van der Waals surface area contributed by atoms with Crippen molar-refractivity contribution in [3.8, 4) is 0 Å². The summed E-state index contributed by atoms with van der Waals surface area (Å²) >= 11 is 0. The average Bonchev–Trinajstić information content (AvgIpc) is 3.31. The van der Waals surface area contributed by atoms with Gasteiger partial charge in [0.05, 0.1) is 18.6 Å². The normalized spacial score (nSPS) is 48.3. The fraction of sp³-hybridized carbons (Fsp3) is 0.812. The predicted molar refractivity (Wildman–Crippen MR) is 74.8 cm³/mol. The zero-order valence-corrected chi connectivity index (χ0v) is 13.0. The number of carbonyl (C=O) groups is 1. The number of hydrogen-bond acceptors (Lipinski definition) is 4. The van der Waals surface area contributed by atoms with Crippen LogP contribution in [0.15, 0.2) is 11.6 Å². The lowest BCUT2D eigenvalue weighted by Crippen LogP contribution is -2.56. The summed E-state index contributed by atoms with van der Waals surface area (Å²) in [6.07, 6.45) is 0.825. The predicted octanol–water partition coefficient (Wildman–Crippen LogP) is 2.21. The van der Waals surface area contributed by atoms with Gasteiger partial charge in [0.15, 0.2) is 12.0 Å². The molecule has 0 aromatic carbocycles. The fourth-order valence-electron chi connectivity index (χ4n) is 3.79. The monoisotopic (exact) mass is 298 g/mol. The Morgan fingerprint density at radius 1 is 1.52 bits per heavy atom. The number of hydrogen-bond donors (Lipinski definition) is 0. The van der Waals surface area contributed by atoms with Gasteiger partial charge >= 0.3 is 0 Å². The summed E-state index contributed by atoms with van der Waals surface area (Å²) in [5.41, 5.74) is 0.179. The van der Waals surface area contributed by atoms with Crippen LogP contribution in [0.5, 0.6) is 0 Å². The zero-order chi connectivity index (χ0) is 15.4. The molecule has 3 fully saturated rings. The number of epoxide rings is 2. The first-order chi connectivity index (χ1) is 9.84. The lowest BCUT2D eigenvalue weighted by atomic mass is 9.68. The van der Waals surface area contributed by atoms with Gasteiger partial charge < -0.3 is 14.2 Å². The lowest BCUT2D eigenvalue weighted by Gasteiger charge is -2.38. The topological polar surface area (TPSA) is 51.4 Å². The minimum atomic E-state index is -1.49. The van der Waals surface area contributed by atoms with E-state index < -0.39 is 29.3 Å². The number of rotatable bonds is 4. The van der Waals surface area contributed by atoms with Gasteiger partial charge in [-0.2, -0.15) is 0 Å². The Hall–Kier alpha value is -0.780. The first-order valence-corrected chi connectivity index (χ1v) is 7.50. The minimum Gasteiger partial charge on any atom is -0.373 e. The Balaban J connectivity index is 1.82. The maximum absolute atomic E-state index is 13.9. The summed E-state index contributed by atoms with van der Waals surface area (Å²) in [7, 11) is 1.46. The first-order valence-electron chi connectivity index (χ1n) is 7.50.